The zero-order valence-electron chi connectivity index (χ0n) is 19.3. The molecule has 33 heavy (non-hydrogen) atoms. The van der Waals surface area contributed by atoms with Gasteiger partial charge in [0, 0.05) is 52.9 Å². The van der Waals surface area contributed by atoms with Gasteiger partial charge in [-0.25, -0.2) is 14.8 Å². The number of pyridine rings is 1. The molecule has 1 aliphatic heterocycles. The molecule has 3 aromatic rings. The van der Waals surface area contributed by atoms with Gasteiger partial charge in [-0.2, -0.15) is 0 Å². The highest BCUT2D eigenvalue weighted by Crippen LogP contribution is 2.17. The molecule has 1 amide bonds. The van der Waals surface area contributed by atoms with E-state index in [1.165, 1.54) is 37.3 Å². The molecular weight excluding hydrogens is 422 g/mol. The molecule has 1 aliphatic rings. The highest BCUT2D eigenvalue weighted by molar-refractivity contribution is 5.75. The van der Waals surface area contributed by atoms with Gasteiger partial charge in [0.1, 0.15) is 5.82 Å². The van der Waals surface area contributed by atoms with Gasteiger partial charge in [-0.1, -0.05) is 18.9 Å². The zero-order valence-corrected chi connectivity index (χ0v) is 19.3. The van der Waals surface area contributed by atoms with Gasteiger partial charge < -0.3 is 14.8 Å². The first-order valence-corrected chi connectivity index (χ1v) is 11.5. The summed E-state index contributed by atoms with van der Waals surface area (Å²) >= 11 is 0. The van der Waals surface area contributed by atoms with Crippen LogP contribution in [0.1, 0.15) is 44.1 Å². The Balaban J connectivity index is 1.28. The average molecular weight is 454 g/mol. The summed E-state index contributed by atoms with van der Waals surface area (Å²) in [6, 6.07) is 4.05. The molecule has 10 nitrogen and oxygen atoms in total. The third-order valence-electron chi connectivity index (χ3n) is 6.25. The Hall–Kier alpha value is -3.43. The summed E-state index contributed by atoms with van der Waals surface area (Å²) in [7, 11) is 3.04. The summed E-state index contributed by atoms with van der Waals surface area (Å²) < 4.78 is 4.13. The Morgan fingerprint density at radius 3 is 2.48 bits per heavy atom. The van der Waals surface area contributed by atoms with Crippen LogP contribution in [0.4, 0.5) is 5.82 Å². The topological polar surface area (TPSA) is 107 Å². The van der Waals surface area contributed by atoms with E-state index in [4.69, 9.17) is 0 Å². The predicted octanol–water partition coefficient (Wildman–Crippen LogP) is 1.31. The van der Waals surface area contributed by atoms with Crippen molar-refractivity contribution >= 4 is 22.9 Å². The lowest BCUT2D eigenvalue weighted by Crippen LogP contribution is -2.37. The summed E-state index contributed by atoms with van der Waals surface area (Å²) in [5.74, 6) is 0.944. The van der Waals surface area contributed by atoms with Gasteiger partial charge in [-0.05, 0) is 30.9 Å². The van der Waals surface area contributed by atoms with E-state index in [0.717, 1.165) is 29.0 Å². The lowest BCUT2D eigenvalue weighted by Gasteiger charge is -2.21. The number of rotatable bonds is 7. The van der Waals surface area contributed by atoms with Gasteiger partial charge in [0.25, 0.3) is 5.56 Å². The van der Waals surface area contributed by atoms with Crippen LogP contribution in [-0.4, -0.2) is 42.7 Å². The molecule has 0 spiro atoms. The minimum atomic E-state index is -0.411. The highest BCUT2D eigenvalue weighted by Gasteiger charge is 2.14. The van der Waals surface area contributed by atoms with E-state index < -0.39 is 5.69 Å². The molecule has 1 saturated heterocycles. The van der Waals surface area contributed by atoms with Crippen molar-refractivity contribution < 1.29 is 4.79 Å². The number of fused-ring (bicyclic) bond motifs is 1. The lowest BCUT2D eigenvalue weighted by molar-refractivity contribution is -0.121. The maximum atomic E-state index is 12.5. The fourth-order valence-electron chi connectivity index (χ4n) is 4.27. The van der Waals surface area contributed by atoms with Crippen LogP contribution in [0.2, 0.25) is 0 Å². The van der Waals surface area contributed by atoms with Crippen molar-refractivity contribution in [3.8, 4) is 0 Å². The van der Waals surface area contributed by atoms with E-state index in [0.29, 0.717) is 37.1 Å². The van der Waals surface area contributed by atoms with Crippen molar-refractivity contribution in [2.75, 3.05) is 18.0 Å². The summed E-state index contributed by atoms with van der Waals surface area (Å²) in [6.45, 7) is 3.00. The first-order valence-electron chi connectivity index (χ1n) is 11.5. The number of carbonyl (C=O) groups excluding carboxylic acids is 1. The summed E-state index contributed by atoms with van der Waals surface area (Å²) in [4.78, 5) is 47.9. The first-order chi connectivity index (χ1) is 16.0. The van der Waals surface area contributed by atoms with Gasteiger partial charge >= 0.3 is 5.69 Å². The zero-order chi connectivity index (χ0) is 23.4. The molecule has 10 heteroatoms. The second kappa shape index (κ2) is 10.0. The molecule has 4 heterocycles. The fraction of sp³-hybridized carbons (Fsp3) is 0.522. The van der Waals surface area contributed by atoms with Crippen molar-refractivity contribution in [2.45, 2.75) is 51.6 Å². The number of aromatic nitrogens is 5. The summed E-state index contributed by atoms with van der Waals surface area (Å²) in [6.07, 6.45) is 9.24. The van der Waals surface area contributed by atoms with Gasteiger partial charge in [-0.3, -0.25) is 18.7 Å². The molecule has 0 atom stereocenters. The Kier molecular flexibility index (Phi) is 6.90. The number of nitrogens with zero attached hydrogens (tertiary/aromatic N) is 6. The number of aryl methyl sites for hydroxylation is 2. The molecule has 0 aliphatic carbocycles. The van der Waals surface area contributed by atoms with Crippen LogP contribution in [0, 0.1) is 0 Å². The van der Waals surface area contributed by atoms with Crippen LogP contribution in [0.5, 0.6) is 0 Å². The second-order valence-electron chi connectivity index (χ2n) is 8.62. The van der Waals surface area contributed by atoms with E-state index in [1.54, 1.807) is 17.9 Å². The van der Waals surface area contributed by atoms with Crippen molar-refractivity contribution in [3.05, 3.63) is 51.1 Å². The third-order valence-corrected chi connectivity index (χ3v) is 6.25. The second-order valence-corrected chi connectivity index (χ2v) is 8.62. The number of imidazole rings is 1. The number of amides is 1. The summed E-state index contributed by atoms with van der Waals surface area (Å²) in [5.41, 5.74) is 0.892. The fourth-order valence-corrected chi connectivity index (χ4v) is 4.27. The number of nitrogens with one attached hydrogen (secondary N) is 1. The summed E-state index contributed by atoms with van der Waals surface area (Å²) in [5, 5.41) is 2.93. The van der Waals surface area contributed by atoms with Gasteiger partial charge in [0.15, 0.2) is 11.2 Å². The Bertz CT molecular complexity index is 1230. The minimum Gasteiger partial charge on any atom is -0.357 e. The molecule has 0 unspecified atom stereocenters. The number of hydrogen-bond acceptors (Lipinski definition) is 6. The van der Waals surface area contributed by atoms with Crippen LogP contribution in [0.15, 0.2) is 34.2 Å². The van der Waals surface area contributed by atoms with Crippen LogP contribution >= 0.6 is 0 Å². The molecule has 1 N–H and O–H groups in total. The highest BCUT2D eigenvalue weighted by atomic mass is 16.2. The predicted molar refractivity (Wildman–Crippen MR) is 126 cm³/mol. The Labute approximate surface area is 191 Å². The van der Waals surface area contributed by atoms with Gasteiger partial charge in [0.2, 0.25) is 5.91 Å². The largest absolute Gasteiger partial charge is 0.357 e. The van der Waals surface area contributed by atoms with E-state index in [9.17, 15) is 14.4 Å². The van der Waals surface area contributed by atoms with Crippen molar-refractivity contribution in [1.82, 2.24) is 29.0 Å². The van der Waals surface area contributed by atoms with Crippen molar-refractivity contribution in [1.29, 1.82) is 0 Å². The molecule has 0 aromatic carbocycles. The van der Waals surface area contributed by atoms with Crippen LogP contribution < -0.4 is 21.5 Å². The van der Waals surface area contributed by atoms with Gasteiger partial charge in [-0.15, -0.1) is 0 Å². The van der Waals surface area contributed by atoms with E-state index in [1.807, 2.05) is 18.3 Å². The standard InChI is InChI=1S/C23H31N7O3/c1-27-21-20(22(32)28(2)23(27)33)30(16-26-21)13-7-8-19(31)25-15-17-9-10-18(24-14-17)29-11-5-3-4-6-12-29/h9-10,14,16H,3-8,11-13,15H2,1-2H3,(H,25,31). The van der Waals surface area contributed by atoms with E-state index in [-0.39, 0.29) is 11.5 Å². The maximum Gasteiger partial charge on any atom is 0.332 e. The van der Waals surface area contributed by atoms with Crippen LogP contribution in [0.25, 0.3) is 11.2 Å². The average Bonchev–Trinajstić information content (AvgIpc) is 3.06. The third kappa shape index (κ3) is 4.99. The van der Waals surface area contributed by atoms with Crippen LogP contribution in [-0.2, 0) is 32.0 Å². The number of hydrogen-bond donors (Lipinski definition) is 1. The molecule has 4 rings (SSSR count). The molecule has 0 bridgehead atoms. The normalized spacial score (nSPS) is 14.4. The lowest BCUT2D eigenvalue weighted by atomic mass is 10.2. The Morgan fingerprint density at radius 2 is 1.79 bits per heavy atom. The van der Waals surface area contributed by atoms with Crippen molar-refractivity contribution in [2.24, 2.45) is 14.1 Å². The molecular formula is C23H31N7O3. The van der Waals surface area contributed by atoms with E-state index >= 15 is 0 Å². The SMILES string of the molecule is Cn1c(=O)c2c(ncn2CCCC(=O)NCc2ccc(N3CCCCCC3)nc2)n(C)c1=O. The van der Waals surface area contributed by atoms with E-state index in [2.05, 4.69) is 20.2 Å². The Morgan fingerprint density at radius 1 is 1.03 bits per heavy atom. The maximum absolute atomic E-state index is 12.5. The number of anilines is 1. The van der Waals surface area contributed by atoms with Crippen molar-refractivity contribution in [3.63, 3.8) is 0 Å². The number of carbonyl (C=O) groups is 1. The van der Waals surface area contributed by atoms with Gasteiger partial charge in [0.05, 0.1) is 6.33 Å². The smallest absolute Gasteiger partial charge is 0.332 e. The van der Waals surface area contributed by atoms with Crippen LogP contribution in [0.3, 0.4) is 0 Å². The molecule has 0 radical (unpaired) electrons. The molecule has 1 fully saturated rings. The molecule has 3 aromatic heterocycles. The quantitative estimate of drug-likeness (QED) is 0.578. The molecule has 176 valence electrons. The molecule has 0 saturated carbocycles. The first kappa shape index (κ1) is 22.8. The minimum absolute atomic E-state index is 0.0590. The monoisotopic (exact) mass is 453 g/mol.